The lowest BCUT2D eigenvalue weighted by atomic mass is 10.3. The smallest absolute Gasteiger partial charge is 0.248 e. The predicted molar refractivity (Wildman–Crippen MR) is 74.0 cm³/mol. The molecule has 1 aromatic carbocycles. The van der Waals surface area contributed by atoms with E-state index in [0.717, 1.165) is 0 Å². The molecule has 4 heteroatoms. The molecule has 98 valence electrons. The standard InChI is InChI=1S/C15H15NO3/c1-2-18-14-8-4-3-7-13(14)16-15(17)10-9-12-6-5-11-19-12/h3-11H,2H2,1H3,(H,16,17). The molecule has 0 saturated carbocycles. The SMILES string of the molecule is CCOc1ccccc1NC(=O)C=Cc1ccco1. The van der Waals surface area contributed by atoms with Crippen molar-refractivity contribution in [1.82, 2.24) is 0 Å². The van der Waals surface area contributed by atoms with Gasteiger partial charge in [-0.1, -0.05) is 12.1 Å². The summed E-state index contributed by atoms with van der Waals surface area (Å²) in [6, 6.07) is 10.9. The number of carbonyl (C=O) groups is 1. The fourth-order valence-electron chi connectivity index (χ4n) is 1.57. The van der Waals surface area contributed by atoms with E-state index in [1.54, 1.807) is 30.5 Å². The van der Waals surface area contributed by atoms with Gasteiger partial charge in [0.1, 0.15) is 11.5 Å². The maximum Gasteiger partial charge on any atom is 0.248 e. The van der Waals surface area contributed by atoms with E-state index in [9.17, 15) is 4.79 Å². The van der Waals surface area contributed by atoms with Crippen molar-refractivity contribution in [2.24, 2.45) is 0 Å². The summed E-state index contributed by atoms with van der Waals surface area (Å²) >= 11 is 0. The number of rotatable bonds is 5. The minimum Gasteiger partial charge on any atom is -0.492 e. The zero-order valence-electron chi connectivity index (χ0n) is 10.6. The summed E-state index contributed by atoms with van der Waals surface area (Å²) in [5.41, 5.74) is 0.651. The Labute approximate surface area is 111 Å². The molecular formula is C15H15NO3. The van der Waals surface area contributed by atoms with E-state index < -0.39 is 0 Å². The molecule has 2 aromatic rings. The van der Waals surface area contributed by atoms with E-state index in [-0.39, 0.29) is 5.91 Å². The fourth-order valence-corrected chi connectivity index (χ4v) is 1.57. The van der Waals surface area contributed by atoms with Crippen molar-refractivity contribution in [3.8, 4) is 5.75 Å². The van der Waals surface area contributed by atoms with E-state index in [0.29, 0.717) is 23.8 Å². The minimum absolute atomic E-state index is 0.233. The largest absolute Gasteiger partial charge is 0.492 e. The zero-order valence-corrected chi connectivity index (χ0v) is 10.6. The Bertz CT molecular complexity index is 559. The number of carbonyl (C=O) groups excluding carboxylic acids is 1. The van der Waals surface area contributed by atoms with Crippen molar-refractivity contribution < 1.29 is 13.9 Å². The second-order valence-electron chi connectivity index (χ2n) is 3.77. The molecule has 19 heavy (non-hydrogen) atoms. The summed E-state index contributed by atoms with van der Waals surface area (Å²) in [6.07, 6.45) is 4.59. The van der Waals surface area contributed by atoms with Gasteiger partial charge < -0.3 is 14.5 Å². The molecule has 2 rings (SSSR count). The number of furan rings is 1. The number of hydrogen-bond donors (Lipinski definition) is 1. The van der Waals surface area contributed by atoms with Gasteiger partial charge in [-0.3, -0.25) is 4.79 Å². The third kappa shape index (κ3) is 3.74. The first kappa shape index (κ1) is 13.0. The molecule has 1 amide bonds. The Kier molecular flexibility index (Phi) is 4.39. The Morgan fingerprint density at radius 3 is 2.89 bits per heavy atom. The molecule has 0 aliphatic rings. The molecule has 1 aromatic heterocycles. The second kappa shape index (κ2) is 6.44. The van der Waals surface area contributed by atoms with Gasteiger partial charge in [0.15, 0.2) is 0 Å². The van der Waals surface area contributed by atoms with Crippen LogP contribution in [0.3, 0.4) is 0 Å². The highest BCUT2D eigenvalue weighted by Gasteiger charge is 2.04. The number of ether oxygens (including phenoxy) is 1. The first-order valence-electron chi connectivity index (χ1n) is 6.04. The summed E-state index contributed by atoms with van der Waals surface area (Å²) < 4.78 is 10.5. The monoisotopic (exact) mass is 257 g/mol. The summed E-state index contributed by atoms with van der Waals surface area (Å²) in [4.78, 5) is 11.8. The van der Waals surface area contributed by atoms with Crippen LogP contribution in [-0.2, 0) is 4.79 Å². The van der Waals surface area contributed by atoms with Crippen molar-refractivity contribution in [3.05, 3.63) is 54.5 Å². The van der Waals surface area contributed by atoms with Crippen LogP contribution in [0.2, 0.25) is 0 Å². The maximum atomic E-state index is 11.8. The quantitative estimate of drug-likeness (QED) is 0.836. The first-order valence-corrected chi connectivity index (χ1v) is 6.04. The Balaban J connectivity index is 2.02. The lowest BCUT2D eigenvalue weighted by Crippen LogP contribution is -2.09. The van der Waals surface area contributed by atoms with Gasteiger partial charge in [0.05, 0.1) is 18.6 Å². The molecule has 1 N–H and O–H groups in total. The van der Waals surface area contributed by atoms with Gasteiger partial charge in [0.2, 0.25) is 5.91 Å². The van der Waals surface area contributed by atoms with Crippen LogP contribution in [0.15, 0.2) is 53.2 Å². The van der Waals surface area contributed by atoms with Gasteiger partial charge in [-0.25, -0.2) is 0 Å². The molecule has 0 saturated heterocycles. The van der Waals surface area contributed by atoms with E-state index in [1.807, 2.05) is 25.1 Å². The van der Waals surface area contributed by atoms with E-state index in [1.165, 1.54) is 6.08 Å². The zero-order chi connectivity index (χ0) is 13.5. The molecule has 0 aliphatic carbocycles. The van der Waals surface area contributed by atoms with Gasteiger partial charge in [0, 0.05) is 6.08 Å². The molecule has 0 radical (unpaired) electrons. The molecule has 0 fully saturated rings. The lowest BCUT2D eigenvalue weighted by molar-refractivity contribution is -0.111. The summed E-state index contributed by atoms with van der Waals surface area (Å²) in [7, 11) is 0. The molecule has 0 bridgehead atoms. The van der Waals surface area contributed by atoms with E-state index in [4.69, 9.17) is 9.15 Å². The molecule has 0 unspecified atom stereocenters. The van der Waals surface area contributed by atoms with Gasteiger partial charge in [0.25, 0.3) is 0 Å². The number of amides is 1. The average Bonchev–Trinajstić information content (AvgIpc) is 2.92. The van der Waals surface area contributed by atoms with Crippen LogP contribution < -0.4 is 10.1 Å². The lowest BCUT2D eigenvalue weighted by Gasteiger charge is -2.09. The molecular weight excluding hydrogens is 242 g/mol. The maximum absolute atomic E-state index is 11.8. The number of nitrogens with one attached hydrogen (secondary N) is 1. The fraction of sp³-hybridized carbons (Fsp3) is 0.133. The number of anilines is 1. The highest BCUT2D eigenvalue weighted by molar-refractivity contribution is 6.02. The predicted octanol–water partition coefficient (Wildman–Crippen LogP) is 3.33. The van der Waals surface area contributed by atoms with Crippen LogP contribution in [0.5, 0.6) is 5.75 Å². The van der Waals surface area contributed by atoms with Crippen molar-refractivity contribution >= 4 is 17.7 Å². The van der Waals surface area contributed by atoms with Crippen LogP contribution in [-0.4, -0.2) is 12.5 Å². The second-order valence-corrected chi connectivity index (χ2v) is 3.77. The van der Waals surface area contributed by atoms with Gasteiger partial charge >= 0.3 is 0 Å². The third-order valence-electron chi connectivity index (χ3n) is 2.39. The van der Waals surface area contributed by atoms with Crippen LogP contribution >= 0.6 is 0 Å². The van der Waals surface area contributed by atoms with Crippen molar-refractivity contribution in [1.29, 1.82) is 0 Å². The first-order chi connectivity index (χ1) is 9.29. The highest BCUT2D eigenvalue weighted by atomic mass is 16.5. The molecule has 1 heterocycles. The molecule has 0 atom stereocenters. The molecule has 4 nitrogen and oxygen atoms in total. The highest BCUT2D eigenvalue weighted by Crippen LogP contribution is 2.23. The van der Waals surface area contributed by atoms with Crippen LogP contribution in [0.1, 0.15) is 12.7 Å². The number of hydrogen-bond acceptors (Lipinski definition) is 3. The Morgan fingerprint density at radius 2 is 2.16 bits per heavy atom. The van der Waals surface area contributed by atoms with Crippen LogP contribution in [0.4, 0.5) is 5.69 Å². The minimum atomic E-state index is -0.233. The van der Waals surface area contributed by atoms with Crippen LogP contribution in [0, 0.1) is 0 Å². The number of para-hydroxylation sites is 2. The molecule has 0 spiro atoms. The van der Waals surface area contributed by atoms with Gasteiger partial charge in [-0.05, 0) is 37.3 Å². The van der Waals surface area contributed by atoms with Gasteiger partial charge in [-0.15, -0.1) is 0 Å². The normalized spacial score (nSPS) is 10.6. The summed E-state index contributed by atoms with van der Waals surface area (Å²) in [5, 5.41) is 2.77. The van der Waals surface area contributed by atoms with Crippen LogP contribution in [0.25, 0.3) is 6.08 Å². The Morgan fingerprint density at radius 1 is 1.32 bits per heavy atom. The number of benzene rings is 1. The van der Waals surface area contributed by atoms with Crippen molar-refractivity contribution in [3.63, 3.8) is 0 Å². The van der Waals surface area contributed by atoms with Crippen molar-refractivity contribution in [2.75, 3.05) is 11.9 Å². The third-order valence-corrected chi connectivity index (χ3v) is 2.39. The topological polar surface area (TPSA) is 51.5 Å². The average molecular weight is 257 g/mol. The van der Waals surface area contributed by atoms with E-state index >= 15 is 0 Å². The van der Waals surface area contributed by atoms with Crippen molar-refractivity contribution in [2.45, 2.75) is 6.92 Å². The summed E-state index contributed by atoms with van der Waals surface area (Å²) in [5.74, 6) is 1.06. The van der Waals surface area contributed by atoms with E-state index in [2.05, 4.69) is 5.32 Å². The van der Waals surface area contributed by atoms with Gasteiger partial charge in [-0.2, -0.15) is 0 Å². The summed E-state index contributed by atoms with van der Waals surface area (Å²) in [6.45, 7) is 2.45. The molecule has 0 aliphatic heterocycles. The Hall–Kier alpha value is -2.49.